The van der Waals surface area contributed by atoms with E-state index in [1.54, 1.807) is 12.1 Å². The number of methoxy groups -OCH3 is 1. The highest BCUT2D eigenvalue weighted by molar-refractivity contribution is 5.95. The number of hydrazine groups is 1. The maximum absolute atomic E-state index is 12.6. The molecule has 0 saturated carbocycles. The van der Waals surface area contributed by atoms with Gasteiger partial charge in [-0.15, -0.1) is 0 Å². The van der Waals surface area contributed by atoms with E-state index in [2.05, 4.69) is 10.9 Å². The number of nitrogens with one attached hydrogen (secondary N) is 2. The molecule has 2 aromatic carbocycles. The Hall–Kier alpha value is -3.03. The quantitative estimate of drug-likeness (QED) is 0.832. The van der Waals surface area contributed by atoms with Crippen molar-refractivity contribution in [3.63, 3.8) is 0 Å². The van der Waals surface area contributed by atoms with Crippen molar-refractivity contribution in [1.29, 1.82) is 0 Å². The summed E-state index contributed by atoms with van der Waals surface area (Å²) in [6, 6.07) is 10.6. The summed E-state index contributed by atoms with van der Waals surface area (Å²) in [4.78, 5) is 23.7. The summed E-state index contributed by atoms with van der Waals surface area (Å²) >= 11 is 0. The summed E-state index contributed by atoms with van der Waals surface area (Å²) in [5.74, 6) is -0.619. The van der Waals surface area contributed by atoms with Crippen LogP contribution in [-0.2, 0) is 17.4 Å². The smallest absolute Gasteiger partial charge is 0.416 e. The first-order valence-electron chi connectivity index (χ1n) is 7.19. The van der Waals surface area contributed by atoms with Crippen LogP contribution in [0.1, 0.15) is 21.5 Å². The van der Waals surface area contributed by atoms with Gasteiger partial charge in [0.05, 0.1) is 19.1 Å². The van der Waals surface area contributed by atoms with Crippen LogP contribution in [0.5, 0.6) is 5.75 Å². The van der Waals surface area contributed by atoms with Crippen LogP contribution in [0.15, 0.2) is 48.5 Å². The van der Waals surface area contributed by atoms with Gasteiger partial charge in [-0.3, -0.25) is 20.4 Å². The number of hydrogen-bond acceptors (Lipinski definition) is 3. The normalized spacial score (nSPS) is 10.9. The molecule has 0 fully saturated rings. The molecule has 0 bridgehead atoms. The maximum atomic E-state index is 12.6. The van der Waals surface area contributed by atoms with Crippen molar-refractivity contribution in [3.8, 4) is 5.75 Å². The standard InChI is InChI=1S/C17H15F3N2O3/c1-25-14-7-5-12(6-8-14)16(24)22-21-15(23)10-11-3-2-4-13(9-11)17(18,19)20/h2-9H,10H2,1H3,(H,21,23)(H,22,24). The molecule has 5 nitrogen and oxygen atoms in total. The molecule has 0 unspecified atom stereocenters. The lowest BCUT2D eigenvalue weighted by Crippen LogP contribution is -2.42. The summed E-state index contributed by atoms with van der Waals surface area (Å²) in [7, 11) is 1.49. The molecular formula is C17H15F3N2O3. The first-order chi connectivity index (χ1) is 11.8. The van der Waals surface area contributed by atoms with Crippen LogP contribution in [0.3, 0.4) is 0 Å². The van der Waals surface area contributed by atoms with E-state index in [-0.39, 0.29) is 12.0 Å². The molecule has 0 radical (unpaired) electrons. The van der Waals surface area contributed by atoms with Gasteiger partial charge in [0, 0.05) is 5.56 Å². The average molecular weight is 352 g/mol. The van der Waals surface area contributed by atoms with E-state index in [0.29, 0.717) is 11.3 Å². The second-order valence-corrected chi connectivity index (χ2v) is 5.11. The summed E-state index contributed by atoms with van der Waals surface area (Å²) in [5, 5.41) is 0. The molecule has 0 atom stereocenters. The van der Waals surface area contributed by atoms with E-state index in [0.717, 1.165) is 12.1 Å². The highest BCUT2D eigenvalue weighted by atomic mass is 19.4. The second kappa shape index (κ2) is 7.69. The van der Waals surface area contributed by atoms with Crippen molar-refractivity contribution >= 4 is 11.8 Å². The Bertz CT molecular complexity index is 758. The molecule has 25 heavy (non-hydrogen) atoms. The summed E-state index contributed by atoms with van der Waals surface area (Å²) in [5.41, 5.74) is 4.01. The highest BCUT2D eigenvalue weighted by Gasteiger charge is 2.30. The fraction of sp³-hybridized carbons (Fsp3) is 0.176. The van der Waals surface area contributed by atoms with Crippen LogP contribution in [0, 0.1) is 0 Å². The fourth-order valence-electron chi connectivity index (χ4n) is 2.03. The Balaban J connectivity index is 1.91. The molecule has 0 saturated heterocycles. The predicted molar refractivity (Wildman–Crippen MR) is 83.8 cm³/mol. The van der Waals surface area contributed by atoms with Gasteiger partial charge in [0.1, 0.15) is 5.75 Å². The second-order valence-electron chi connectivity index (χ2n) is 5.11. The number of amides is 2. The average Bonchev–Trinajstić information content (AvgIpc) is 2.59. The molecule has 2 rings (SSSR count). The summed E-state index contributed by atoms with van der Waals surface area (Å²) in [6.07, 6.45) is -4.78. The number of carbonyl (C=O) groups is 2. The van der Waals surface area contributed by atoms with Crippen LogP contribution in [0.2, 0.25) is 0 Å². The number of ether oxygens (including phenoxy) is 1. The lowest BCUT2D eigenvalue weighted by molar-refractivity contribution is -0.137. The monoisotopic (exact) mass is 352 g/mol. The molecule has 8 heteroatoms. The third-order valence-corrected chi connectivity index (χ3v) is 3.29. The van der Waals surface area contributed by atoms with Gasteiger partial charge in [0.25, 0.3) is 5.91 Å². The molecule has 132 valence electrons. The maximum Gasteiger partial charge on any atom is 0.416 e. The molecule has 0 heterocycles. The zero-order valence-electron chi connectivity index (χ0n) is 13.2. The van der Waals surface area contributed by atoms with Crippen LogP contribution in [-0.4, -0.2) is 18.9 Å². The van der Waals surface area contributed by atoms with Crippen molar-refractivity contribution in [2.24, 2.45) is 0 Å². The topological polar surface area (TPSA) is 67.4 Å². The molecule has 0 aliphatic heterocycles. The number of benzene rings is 2. The zero-order valence-corrected chi connectivity index (χ0v) is 13.2. The molecule has 0 aromatic heterocycles. The molecule has 0 spiro atoms. The minimum atomic E-state index is -4.48. The Morgan fingerprint density at radius 2 is 1.72 bits per heavy atom. The summed E-state index contributed by atoms with van der Waals surface area (Å²) < 4.78 is 42.9. The molecular weight excluding hydrogens is 337 g/mol. The van der Waals surface area contributed by atoms with Crippen LogP contribution >= 0.6 is 0 Å². The van der Waals surface area contributed by atoms with E-state index < -0.39 is 23.6 Å². The highest BCUT2D eigenvalue weighted by Crippen LogP contribution is 2.29. The third-order valence-electron chi connectivity index (χ3n) is 3.29. The first-order valence-corrected chi connectivity index (χ1v) is 7.19. The minimum absolute atomic E-state index is 0.186. The Labute approximate surface area is 141 Å². The Morgan fingerprint density at radius 1 is 1.04 bits per heavy atom. The van der Waals surface area contributed by atoms with E-state index in [9.17, 15) is 22.8 Å². The zero-order chi connectivity index (χ0) is 18.4. The van der Waals surface area contributed by atoms with Crippen molar-refractivity contribution in [2.45, 2.75) is 12.6 Å². The molecule has 0 aliphatic carbocycles. The van der Waals surface area contributed by atoms with E-state index >= 15 is 0 Å². The Morgan fingerprint density at radius 3 is 2.32 bits per heavy atom. The van der Waals surface area contributed by atoms with Crippen molar-refractivity contribution in [2.75, 3.05) is 7.11 Å². The predicted octanol–water partition coefficient (Wildman–Crippen LogP) is 2.72. The van der Waals surface area contributed by atoms with Gasteiger partial charge in [0.15, 0.2) is 0 Å². The number of halogens is 3. The van der Waals surface area contributed by atoms with E-state index in [1.165, 1.54) is 31.4 Å². The molecule has 2 aromatic rings. The van der Waals surface area contributed by atoms with Gasteiger partial charge in [-0.25, -0.2) is 0 Å². The number of alkyl halides is 3. The van der Waals surface area contributed by atoms with Gasteiger partial charge < -0.3 is 4.74 Å². The van der Waals surface area contributed by atoms with Gasteiger partial charge in [0.2, 0.25) is 5.91 Å². The van der Waals surface area contributed by atoms with Crippen molar-refractivity contribution < 1.29 is 27.5 Å². The van der Waals surface area contributed by atoms with Crippen LogP contribution < -0.4 is 15.6 Å². The number of rotatable bonds is 4. The van der Waals surface area contributed by atoms with Gasteiger partial charge >= 0.3 is 6.18 Å². The minimum Gasteiger partial charge on any atom is -0.497 e. The third kappa shape index (κ3) is 5.23. The summed E-state index contributed by atoms with van der Waals surface area (Å²) in [6.45, 7) is 0. The molecule has 2 amide bonds. The SMILES string of the molecule is COc1ccc(C(=O)NNC(=O)Cc2cccc(C(F)(F)F)c2)cc1. The van der Waals surface area contributed by atoms with Crippen molar-refractivity contribution in [1.82, 2.24) is 10.9 Å². The first kappa shape index (κ1) is 18.3. The van der Waals surface area contributed by atoms with Crippen molar-refractivity contribution in [3.05, 3.63) is 65.2 Å². The van der Waals surface area contributed by atoms with Gasteiger partial charge in [-0.2, -0.15) is 13.2 Å². The van der Waals surface area contributed by atoms with Crippen LogP contribution in [0.4, 0.5) is 13.2 Å². The molecule has 2 N–H and O–H groups in total. The van der Waals surface area contributed by atoms with E-state index in [4.69, 9.17) is 4.74 Å². The molecule has 0 aliphatic rings. The fourth-order valence-corrected chi connectivity index (χ4v) is 2.03. The lowest BCUT2D eigenvalue weighted by atomic mass is 10.1. The van der Waals surface area contributed by atoms with Gasteiger partial charge in [-0.1, -0.05) is 18.2 Å². The van der Waals surface area contributed by atoms with Crippen LogP contribution in [0.25, 0.3) is 0 Å². The largest absolute Gasteiger partial charge is 0.497 e. The lowest BCUT2D eigenvalue weighted by Gasteiger charge is -2.10. The number of carbonyl (C=O) groups excluding carboxylic acids is 2. The van der Waals surface area contributed by atoms with Gasteiger partial charge in [-0.05, 0) is 35.9 Å². The Kier molecular flexibility index (Phi) is 5.63. The van der Waals surface area contributed by atoms with E-state index in [1.807, 2.05) is 0 Å². The number of hydrogen-bond donors (Lipinski definition) is 2.